The summed E-state index contributed by atoms with van der Waals surface area (Å²) in [6, 6.07) is 0. The molecule has 0 aliphatic rings. The predicted octanol–water partition coefficient (Wildman–Crippen LogP) is 4.15. The van der Waals surface area contributed by atoms with Crippen LogP contribution in [0.5, 0.6) is 0 Å². The van der Waals surface area contributed by atoms with Crippen molar-refractivity contribution in [2.75, 3.05) is 0 Å². The van der Waals surface area contributed by atoms with Gasteiger partial charge in [0, 0.05) is 0 Å². The molecule has 2 heteroatoms. The summed E-state index contributed by atoms with van der Waals surface area (Å²) in [5, 5.41) is 0. The van der Waals surface area contributed by atoms with E-state index in [1.165, 1.54) is 0 Å². The number of allylic oxidation sites excluding steroid dienone is 1. The van der Waals surface area contributed by atoms with Crippen molar-refractivity contribution in [1.29, 1.82) is 0 Å². The van der Waals surface area contributed by atoms with Gasteiger partial charge >= 0.3 is 0 Å². The molecular weight excluding hydrogens is 287 g/mol. The van der Waals surface area contributed by atoms with Crippen LogP contribution in [0.2, 0.25) is 0 Å². The molecule has 0 aromatic carbocycles. The van der Waals surface area contributed by atoms with Gasteiger partial charge in [0.2, 0.25) is 0 Å². The first kappa shape index (κ1) is 14.1. The van der Waals surface area contributed by atoms with Crippen molar-refractivity contribution >= 4 is 28.4 Å². The third-order valence-electron chi connectivity index (χ3n) is 2.36. The van der Waals surface area contributed by atoms with Crippen molar-refractivity contribution in [3.05, 3.63) is 12.2 Å². The second kappa shape index (κ2) is 5.89. The second-order valence-corrected chi connectivity index (χ2v) is 6.15. The molecule has 0 N–H and O–H groups in total. The molecule has 0 fully saturated rings. The molecule has 0 saturated carbocycles. The fourth-order valence-corrected chi connectivity index (χ4v) is 2.75. The third-order valence-corrected chi connectivity index (χ3v) is 4.32. The average molecular weight is 308 g/mol. The standard InChI is InChI=1S/C12H21IO/c1-6-7-10(4)12(13,11(5)14)8-9(2)3/h9H,4,6-8H2,1-3,5H3. The minimum atomic E-state index is -0.331. The van der Waals surface area contributed by atoms with Crippen LogP contribution in [-0.4, -0.2) is 9.20 Å². The molecule has 1 atom stereocenters. The molecule has 0 heterocycles. The summed E-state index contributed by atoms with van der Waals surface area (Å²) in [7, 11) is 0. The van der Waals surface area contributed by atoms with Gasteiger partial charge in [-0.1, -0.05) is 61.9 Å². The fourth-order valence-electron chi connectivity index (χ4n) is 1.60. The van der Waals surface area contributed by atoms with Crippen LogP contribution in [-0.2, 0) is 4.79 Å². The molecule has 0 amide bonds. The van der Waals surface area contributed by atoms with Gasteiger partial charge in [-0.25, -0.2) is 0 Å². The smallest absolute Gasteiger partial charge is 0.149 e. The van der Waals surface area contributed by atoms with Crippen LogP contribution >= 0.6 is 22.6 Å². The zero-order valence-corrected chi connectivity index (χ0v) is 11.8. The Bertz CT molecular complexity index is 220. The lowest BCUT2D eigenvalue weighted by molar-refractivity contribution is -0.118. The third kappa shape index (κ3) is 3.71. The van der Waals surface area contributed by atoms with E-state index in [4.69, 9.17) is 0 Å². The minimum Gasteiger partial charge on any atom is -0.298 e. The SMILES string of the molecule is C=C(CCC)C(I)(CC(C)C)C(C)=O. The fraction of sp³-hybridized carbons (Fsp3) is 0.750. The molecule has 0 bridgehead atoms. The van der Waals surface area contributed by atoms with Crippen LogP contribution in [0, 0.1) is 5.92 Å². The van der Waals surface area contributed by atoms with Crippen LogP contribution in [0.1, 0.15) is 47.0 Å². The zero-order chi connectivity index (χ0) is 11.4. The van der Waals surface area contributed by atoms with E-state index in [1.807, 2.05) is 0 Å². The average Bonchev–Trinajstić information content (AvgIpc) is 2.02. The molecule has 0 saturated heterocycles. The number of hydrogen-bond acceptors (Lipinski definition) is 1. The van der Waals surface area contributed by atoms with Gasteiger partial charge in [-0.05, 0) is 25.7 Å². The Morgan fingerprint density at radius 3 is 2.29 bits per heavy atom. The summed E-state index contributed by atoms with van der Waals surface area (Å²) in [6.45, 7) is 12.2. The van der Waals surface area contributed by atoms with E-state index in [1.54, 1.807) is 6.92 Å². The van der Waals surface area contributed by atoms with E-state index >= 15 is 0 Å². The Hall–Kier alpha value is 0.140. The molecule has 0 aromatic heterocycles. The highest BCUT2D eigenvalue weighted by Gasteiger charge is 2.35. The van der Waals surface area contributed by atoms with Gasteiger partial charge in [-0.15, -0.1) is 0 Å². The summed E-state index contributed by atoms with van der Waals surface area (Å²) in [4.78, 5) is 11.6. The first-order valence-corrected chi connectivity index (χ1v) is 6.30. The predicted molar refractivity (Wildman–Crippen MR) is 70.9 cm³/mol. The maximum atomic E-state index is 11.6. The normalized spacial score (nSPS) is 15.3. The van der Waals surface area contributed by atoms with Crippen molar-refractivity contribution in [3.63, 3.8) is 0 Å². The maximum Gasteiger partial charge on any atom is 0.149 e. The van der Waals surface area contributed by atoms with E-state index in [0.29, 0.717) is 5.92 Å². The number of alkyl halides is 1. The van der Waals surface area contributed by atoms with E-state index in [2.05, 4.69) is 49.9 Å². The van der Waals surface area contributed by atoms with Gasteiger partial charge in [0.25, 0.3) is 0 Å². The first-order chi connectivity index (χ1) is 6.34. The van der Waals surface area contributed by atoms with Crippen molar-refractivity contribution < 1.29 is 4.79 Å². The zero-order valence-electron chi connectivity index (χ0n) is 9.69. The molecule has 0 aromatic rings. The molecule has 0 spiro atoms. The first-order valence-electron chi connectivity index (χ1n) is 5.22. The molecule has 0 aliphatic carbocycles. The number of carbonyl (C=O) groups excluding carboxylic acids is 1. The Kier molecular flexibility index (Phi) is 5.94. The molecule has 82 valence electrons. The molecule has 0 aliphatic heterocycles. The Morgan fingerprint density at radius 1 is 1.50 bits per heavy atom. The lowest BCUT2D eigenvalue weighted by atomic mass is 9.86. The van der Waals surface area contributed by atoms with Crippen molar-refractivity contribution in [1.82, 2.24) is 0 Å². The number of hydrogen-bond donors (Lipinski definition) is 0. The minimum absolute atomic E-state index is 0.241. The number of Topliss-reactive ketones (excluding diaryl/α,β-unsaturated/α-hetero) is 1. The van der Waals surface area contributed by atoms with Crippen LogP contribution < -0.4 is 0 Å². The summed E-state index contributed by atoms with van der Waals surface area (Å²) in [5.41, 5.74) is 1.09. The lowest BCUT2D eigenvalue weighted by Crippen LogP contribution is -2.33. The Balaban J connectivity index is 4.71. The highest BCUT2D eigenvalue weighted by molar-refractivity contribution is 14.1. The highest BCUT2D eigenvalue weighted by atomic mass is 127. The number of rotatable bonds is 6. The van der Waals surface area contributed by atoms with Gasteiger partial charge in [0.15, 0.2) is 0 Å². The van der Waals surface area contributed by atoms with Crippen LogP contribution in [0.3, 0.4) is 0 Å². The molecule has 1 nitrogen and oxygen atoms in total. The summed E-state index contributed by atoms with van der Waals surface area (Å²) in [6.07, 6.45) is 2.92. The Morgan fingerprint density at radius 2 is 2.00 bits per heavy atom. The second-order valence-electron chi connectivity index (χ2n) is 4.31. The van der Waals surface area contributed by atoms with Gasteiger partial charge in [-0.3, -0.25) is 4.79 Å². The number of carbonyl (C=O) groups is 1. The topological polar surface area (TPSA) is 17.1 Å². The van der Waals surface area contributed by atoms with E-state index in [9.17, 15) is 4.79 Å². The van der Waals surface area contributed by atoms with E-state index in [-0.39, 0.29) is 9.20 Å². The summed E-state index contributed by atoms with van der Waals surface area (Å²) in [5.74, 6) is 0.773. The van der Waals surface area contributed by atoms with Crippen LogP contribution in [0.4, 0.5) is 0 Å². The van der Waals surface area contributed by atoms with Crippen LogP contribution in [0.25, 0.3) is 0 Å². The molecule has 1 unspecified atom stereocenters. The van der Waals surface area contributed by atoms with E-state index in [0.717, 1.165) is 24.8 Å². The Labute approximate surface area is 101 Å². The quantitative estimate of drug-likeness (QED) is 0.409. The van der Waals surface area contributed by atoms with Gasteiger partial charge < -0.3 is 0 Å². The van der Waals surface area contributed by atoms with Gasteiger partial charge in [-0.2, -0.15) is 0 Å². The van der Waals surface area contributed by atoms with Crippen molar-refractivity contribution in [2.24, 2.45) is 5.92 Å². The monoisotopic (exact) mass is 308 g/mol. The highest BCUT2D eigenvalue weighted by Crippen LogP contribution is 2.37. The molecule has 14 heavy (non-hydrogen) atoms. The molecule has 0 radical (unpaired) electrons. The number of halogens is 1. The largest absolute Gasteiger partial charge is 0.298 e. The van der Waals surface area contributed by atoms with Crippen LogP contribution in [0.15, 0.2) is 12.2 Å². The lowest BCUT2D eigenvalue weighted by Gasteiger charge is -2.29. The van der Waals surface area contributed by atoms with Gasteiger partial charge in [0.05, 0.1) is 0 Å². The van der Waals surface area contributed by atoms with Crippen molar-refractivity contribution in [2.45, 2.75) is 50.4 Å². The maximum absolute atomic E-state index is 11.6. The molecule has 0 rings (SSSR count). The van der Waals surface area contributed by atoms with E-state index < -0.39 is 0 Å². The summed E-state index contributed by atoms with van der Waals surface area (Å²) >= 11 is 2.28. The molecular formula is C12H21IO. The van der Waals surface area contributed by atoms with Crippen molar-refractivity contribution in [3.8, 4) is 0 Å². The summed E-state index contributed by atoms with van der Waals surface area (Å²) < 4.78 is -0.331. The number of ketones is 1. The van der Waals surface area contributed by atoms with Gasteiger partial charge in [0.1, 0.15) is 9.20 Å².